The molecule has 1 amide bonds. The molecule has 0 aromatic heterocycles. The van der Waals surface area contributed by atoms with Crippen molar-refractivity contribution in [2.75, 3.05) is 25.4 Å². The van der Waals surface area contributed by atoms with Gasteiger partial charge in [0.2, 0.25) is 0 Å². The van der Waals surface area contributed by atoms with Gasteiger partial charge in [0.15, 0.2) is 0 Å². The molecule has 19 heavy (non-hydrogen) atoms. The zero-order chi connectivity index (χ0) is 14.0. The highest BCUT2D eigenvalue weighted by atomic mass is 16.6. The summed E-state index contributed by atoms with van der Waals surface area (Å²) in [6, 6.07) is 4.11. The largest absolute Gasteiger partial charge is 0.393 e. The first-order valence-electron chi connectivity index (χ1n) is 5.94. The van der Waals surface area contributed by atoms with E-state index in [4.69, 9.17) is 10.5 Å². The summed E-state index contributed by atoms with van der Waals surface area (Å²) >= 11 is 0. The molecule has 102 valence electrons. The van der Waals surface area contributed by atoms with Crippen molar-refractivity contribution >= 4 is 17.3 Å². The van der Waals surface area contributed by atoms with Crippen LogP contribution in [-0.2, 0) is 4.74 Å². The van der Waals surface area contributed by atoms with Gasteiger partial charge in [0.05, 0.1) is 17.6 Å². The quantitative estimate of drug-likeness (QED) is 0.489. The molecule has 0 aliphatic carbocycles. The van der Waals surface area contributed by atoms with Crippen molar-refractivity contribution in [1.82, 2.24) is 4.90 Å². The zero-order valence-electron chi connectivity index (χ0n) is 10.5. The van der Waals surface area contributed by atoms with E-state index in [-0.39, 0.29) is 28.9 Å². The highest BCUT2D eigenvalue weighted by molar-refractivity contribution is 5.95. The van der Waals surface area contributed by atoms with Crippen molar-refractivity contribution in [3.63, 3.8) is 0 Å². The average molecular weight is 265 g/mol. The van der Waals surface area contributed by atoms with Gasteiger partial charge in [0.1, 0.15) is 5.69 Å². The summed E-state index contributed by atoms with van der Waals surface area (Å²) in [5.41, 5.74) is 5.59. The molecule has 2 rings (SSSR count). The van der Waals surface area contributed by atoms with Crippen molar-refractivity contribution in [2.24, 2.45) is 0 Å². The minimum atomic E-state index is -0.589. The molecule has 1 aromatic rings. The van der Waals surface area contributed by atoms with E-state index in [9.17, 15) is 14.9 Å². The molecule has 1 atom stereocenters. The van der Waals surface area contributed by atoms with Crippen LogP contribution >= 0.6 is 0 Å². The fraction of sp³-hybridized carbons (Fsp3) is 0.417. The average Bonchev–Trinajstić information content (AvgIpc) is 2.38. The number of nitrogen functional groups attached to an aromatic ring is 1. The van der Waals surface area contributed by atoms with E-state index in [1.54, 1.807) is 4.90 Å². The molecule has 0 bridgehead atoms. The Morgan fingerprint density at radius 1 is 1.58 bits per heavy atom. The third-order valence-corrected chi connectivity index (χ3v) is 3.00. The molecule has 1 aliphatic rings. The summed E-state index contributed by atoms with van der Waals surface area (Å²) in [5.74, 6) is -0.238. The molecule has 7 nitrogen and oxygen atoms in total. The molecule has 0 spiro atoms. The number of rotatable bonds is 2. The van der Waals surface area contributed by atoms with E-state index in [0.717, 1.165) is 0 Å². The lowest BCUT2D eigenvalue weighted by Crippen LogP contribution is -2.44. The van der Waals surface area contributed by atoms with E-state index in [0.29, 0.717) is 19.7 Å². The van der Waals surface area contributed by atoms with Crippen LogP contribution in [0.3, 0.4) is 0 Å². The van der Waals surface area contributed by atoms with Gasteiger partial charge in [-0.3, -0.25) is 14.9 Å². The van der Waals surface area contributed by atoms with Gasteiger partial charge in [-0.1, -0.05) is 0 Å². The molecule has 1 unspecified atom stereocenters. The first kappa shape index (κ1) is 13.3. The monoisotopic (exact) mass is 265 g/mol. The molecule has 1 saturated heterocycles. The lowest BCUT2D eigenvalue weighted by molar-refractivity contribution is -0.383. The van der Waals surface area contributed by atoms with E-state index in [1.807, 2.05) is 6.92 Å². The number of carbonyl (C=O) groups is 1. The van der Waals surface area contributed by atoms with Crippen LogP contribution in [0.1, 0.15) is 17.3 Å². The van der Waals surface area contributed by atoms with Gasteiger partial charge >= 0.3 is 0 Å². The number of hydrogen-bond acceptors (Lipinski definition) is 5. The molecule has 0 saturated carbocycles. The Balaban J connectivity index is 2.24. The van der Waals surface area contributed by atoms with Gasteiger partial charge < -0.3 is 15.4 Å². The van der Waals surface area contributed by atoms with Crippen molar-refractivity contribution in [3.05, 3.63) is 33.9 Å². The van der Waals surface area contributed by atoms with Crippen molar-refractivity contribution in [1.29, 1.82) is 0 Å². The Labute approximate surface area is 110 Å². The number of morpholine rings is 1. The van der Waals surface area contributed by atoms with Crippen molar-refractivity contribution in [2.45, 2.75) is 13.0 Å². The summed E-state index contributed by atoms with van der Waals surface area (Å²) in [6.45, 7) is 3.33. The lowest BCUT2D eigenvalue weighted by Gasteiger charge is -2.31. The topological polar surface area (TPSA) is 98.7 Å². The summed E-state index contributed by atoms with van der Waals surface area (Å²) in [5, 5.41) is 10.8. The normalized spacial score (nSPS) is 19.2. The van der Waals surface area contributed by atoms with Crippen LogP contribution in [0, 0.1) is 10.1 Å². The van der Waals surface area contributed by atoms with Crippen molar-refractivity contribution in [3.8, 4) is 0 Å². The minimum absolute atomic E-state index is 0.0264. The van der Waals surface area contributed by atoms with E-state index in [2.05, 4.69) is 0 Å². The fourth-order valence-electron chi connectivity index (χ4n) is 2.02. The lowest BCUT2D eigenvalue weighted by atomic mass is 10.1. The first-order valence-corrected chi connectivity index (χ1v) is 5.94. The Hall–Kier alpha value is -2.15. The zero-order valence-corrected chi connectivity index (χ0v) is 10.5. The molecular formula is C12H15N3O4. The SMILES string of the molecule is CC1CN(C(=O)c2ccc(N)c([N+](=O)[O-])c2)CCO1. The molecule has 1 fully saturated rings. The van der Waals surface area contributed by atoms with Crippen LogP contribution in [0.15, 0.2) is 18.2 Å². The summed E-state index contributed by atoms with van der Waals surface area (Å²) in [6.07, 6.45) is -0.0264. The van der Waals surface area contributed by atoms with Crippen LogP contribution in [-0.4, -0.2) is 41.5 Å². The second-order valence-electron chi connectivity index (χ2n) is 4.46. The molecule has 2 N–H and O–H groups in total. The van der Waals surface area contributed by atoms with Crippen LogP contribution in [0.2, 0.25) is 0 Å². The highest BCUT2D eigenvalue weighted by Crippen LogP contribution is 2.23. The van der Waals surface area contributed by atoms with Crippen molar-refractivity contribution < 1.29 is 14.5 Å². The fourth-order valence-corrected chi connectivity index (χ4v) is 2.02. The first-order chi connectivity index (χ1) is 8.99. The second kappa shape index (κ2) is 5.23. The number of nitrogens with two attached hydrogens (primary N) is 1. The maximum Gasteiger partial charge on any atom is 0.292 e. The summed E-state index contributed by atoms with van der Waals surface area (Å²) in [4.78, 5) is 24.1. The maximum absolute atomic E-state index is 12.2. The number of ether oxygens (including phenoxy) is 1. The van der Waals surface area contributed by atoms with Gasteiger partial charge in [0, 0.05) is 24.7 Å². The number of nitro groups is 1. The Kier molecular flexibility index (Phi) is 3.66. The van der Waals surface area contributed by atoms with E-state index in [1.165, 1.54) is 18.2 Å². The Bertz CT molecular complexity index is 518. The van der Waals surface area contributed by atoms with E-state index < -0.39 is 4.92 Å². The van der Waals surface area contributed by atoms with Crippen LogP contribution in [0.25, 0.3) is 0 Å². The number of nitrogens with zero attached hydrogens (tertiary/aromatic N) is 2. The number of anilines is 1. The predicted molar refractivity (Wildman–Crippen MR) is 68.8 cm³/mol. The molecular weight excluding hydrogens is 250 g/mol. The molecule has 1 aliphatic heterocycles. The van der Waals surface area contributed by atoms with Gasteiger partial charge in [-0.05, 0) is 19.1 Å². The van der Waals surface area contributed by atoms with Crippen LogP contribution < -0.4 is 5.73 Å². The number of carbonyl (C=O) groups excluding carboxylic acids is 1. The van der Waals surface area contributed by atoms with Crippen LogP contribution in [0.4, 0.5) is 11.4 Å². The standard InChI is InChI=1S/C12H15N3O4/c1-8-7-14(4-5-19-8)12(16)9-2-3-10(13)11(6-9)15(17)18/h2-3,6,8H,4-5,7,13H2,1H3. The third-order valence-electron chi connectivity index (χ3n) is 3.00. The van der Waals surface area contributed by atoms with Crippen LogP contribution in [0.5, 0.6) is 0 Å². The second-order valence-corrected chi connectivity index (χ2v) is 4.46. The molecule has 1 aromatic carbocycles. The van der Waals surface area contributed by atoms with Gasteiger partial charge in [-0.2, -0.15) is 0 Å². The van der Waals surface area contributed by atoms with Gasteiger partial charge in [0.25, 0.3) is 11.6 Å². The third kappa shape index (κ3) is 2.82. The Morgan fingerprint density at radius 2 is 2.32 bits per heavy atom. The van der Waals surface area contributed by atoms with Gasteiger partial charge in [-0.25, -0.2) is 0 Å². The van der Waals surface area contributed by atoms with E-state index >= 15 is 0 Å². The highest BCUT2D eigenvalue weighted by Gasteiger charge is 2.24. The number of hydrogen-bond donors (Lipinski definition) is 1. The molecule has 1 heterocycles. The molecule has 7 heteroatoms. The predicted octanol–water partition coefficient (Wildman–Crippen LogP) is 1.04. The number of amides is 1. The van der Waals surface area contributed by atoms with Gasteiger partial charge in [-0.15, -0.1) is 0 Å². The number of nitro benzene ring substituents is 1. The maximum atomic E-state index is 12.2. The smallest absolute Gasteiger partial charge is 0.292 e. The summed E-state index contributed by atoms with van der Waals surface area (Å²) in [7, 11) is 0. The minimum Gasteiger partial charge on any atom is -0.393 e. The number of benzene rings is 1. The molecule has 0 radical (unpaired) electrons. The Morgan fingerprint density at radius 3 is 2.95 bits per heavy atom. The summed E-state index contributed by atoms with van der Waals surface area (Å²) < 4.78 is 5.35.